The first-order valence-electron chi connectivity index (χ1n) is 12.5. The third kappa shape index (κ3) is 9.25. The van der Waals surface area contributed by atoms with Gasteiger partial charge in [-0.2, -0.15) is 0 Å². The summed E-state index contributed by atoms with van der Waals surface area (Å²) in [6.07, 6.45) is 0.439. The highest BCUT2D eigenvalue weighted by molar-refractivity contribution is 5.96. The summed E-state index contributed by atoms with van der Waals surface area (Å²) in [7, 11) is 0. The number of hydrogen-bond donors (Lipinski definition) is 7. The van der Waals surface area contributed by atoms with Crippen LogP contribution < -0.4 is 27.4 Å². The number of aromatic hydroxyl groups is 1. The molecule has 0 saturated carbocycles. The van der Waals surface area contributed by atoms with Crippen molar-refractivity contribution in [2.45, 2.75) is 63.7 Å². The third-order valence-electron chi connectivity index (χ3n) is 6.26. The number of nitrogens with zero attached hydrogens (tertiary/aromatic N) is 1. The van der Waals surface area contributed by atoms with Crippen molar-refractivity contribution in [1.82, 2.24) is 20.9 Å². The zero-order valence-corrected chi connectivity index (χ0v) is 21.9. The van der Waals surface area contributed by atoms with Crippen molar-refractivity contribution >= 4 is 35.5 Å². The van der Waals surface area contributed by atoms with E-state index >= 15 is 0 Å². The average molecular weight is 549 g/mol. The highest BCUT2D eigenvalue weighted by Crippen LogP contribution is 2.20. The highest BCUT2D eigenvalue weighted by Gasteiger charge is 2.38. The highest BCUT2D eigenvalue weighted by atomic mass is 16.4. The van der Waals surface area contributed by atoms with E-state index in [0.29, 0.717) is 12.8 Å². The van der Waals surface area contributed by atoms with Crippen LogP contribution in [0.15, 0.2) is 24.3 Å². The van der Waals surface area contributed by atoms with Gasteiger partial charge >= 0.3 is 5.97 Å². The number of primary amides is 1. The summed E-state index contributed by atoms with van der Waals surface area (Å²) in [5, 5.41) is 25.6. The van der Waals surface area contributed by atoms with E-state index in [1.807, 2.05) is 0 Å². The lowest BCUT2D eigenvalue weighted by Crippen LogP contribution is -2.57. The zero-order valence-electron chi connectivity index (χ0n) is 21.9. The van der Waals surface area contributed by atoms with Crippen molar-refractivity contribution in [3.05, 3.63) is 29.8 Å². The normalized spacial score (nSPS) is 17.1. The molecule has 1 aromatic rings. The summed E-state index contributed by atoms with van der Waals surface area (Å²) in [4.78, 5) is 75.1. The Hall–Kier alpha value is -4.20. The number of aliphatic carboxylic acids is 1. The fourth-order valence-corrected chi connectivity index (χ4v) is 4.20. The fraction of sp³-hybridized carbons (Fsp3) is 0.520. The van der Waals surface area contributed by atoms with Crippen molar-refractivity contribution in [1.29, 1.82) is 0 Å². The molecule has 0 aliphatic carbocycles. The van der Waals surface area contributed by atoms with Crippen molar-refractivity contribution in [3.63, 3.8) is 0 Å². The number of carbonyl (C=O) groups excluding carboxylic acids is 5. The molecule has 1 saturated heterocycles. The quantitative estimate of drug-likeness (QED) is 0.143. The van der Waals surface area contributed by atoms with Crippen LogP contribution in [0.4, 0.5) is 0 Å². The summed E-state index contributed by atoms with van der Waals surface area (Å²) in [6.45, 7) is 2.88. The number of hydrogen-bond acceptors (Lipinski definition) is 8. The van der Waals surface area contributed by atoms with Gasteiger partial charge in [0.05, 0.1) is 19.0 Å². The molecule has 1 aliphatic heterocycles. The van der Waals surface area contributed by atoms with Gasteiger partial charge in [0.2, 0.25) is 29.5 Å². The lowest BCUT2D eigenvalue weighted by atomic mass is 10.0. The number of likely N-dealkylation sites (tertiary alicyclic amines) is 1. The van der Waals surface area contributed by atoms with Crippen LogP contribution in [0.2, 0.25) is 0 Å². The van der Waals surface area contributed by atoms with Crippen LogP contribution >= 0.6 is 0 Å². The summed E-state index contributed by atoms with van der Waals surface area (Å²) in [5.74, 6) is -5.26. The molecular weight excluding hydrogens is 512 g/mol. The molecule has 14 nitrogen and oxygen atoms in total. The van der Waals surface area contributed by atoms with Gasteiger partial charge < -0.3 is 42.5 Å². The number of nitrogens with one attached hydrogen (secondary N) is 3. The molecule has 39 heavy (non-hydrogen) atoms. The molecule has 4 atom stereocenters. The number of rotatable bonds is 13. The van der Waals surface area contributed by atoms with Gasteiger partial charge in [-0.05, 0) is 42.9 Å². The third-order valence-corrected chi connectivity index (χ3v) is 6.26. The van der Waals surface area contributed by atoms with Crippen LogP contribution in [-0.4, -0.2) is 87.9 Å². The molecule has 14 heteroatoms. The molecule has 0 radical (unpaired) electrons. The predicted octanol–water partition coefficient (Wildman–Crippen LogP) is -2.05. The predicted molar refractivity (Wildman–Crippen MR) is 138 cm³/mol. The summed E-state index contributed by atoms with van der Waals surface area (Å²) >= 11 is 0. The number of benzene rings is 1. The minimum atomic E-state index is -1.42. The zero-order chi connectivity index (χ0) is 29.3. The Bertz CT molecular complexity index is 1080. The van der Waals surface area contributed by atoms with E-state index in [1.54, 1.807) is 26.0 Å². The van der Waals surface area contributed by atoms with Gasteiger partial charge in [-0.25, -0.2) is 4.79 Å². The first kappa shape index (κ1) is 31.0. The second kappa shape index (κ2) is 14.1. The van der Waals surface area contributed by atoms with E-state index < -0.39 is 78.6 Å². The molecule has 214 valence electrons. The number of amides is 5. The number of carbonyl (C=O) groups is 6. The van der Waals surface area contributed by atoms with Crippen LogP contribution in [0.3, 0.4) is 0 Å². The summed E-state index contributed by atoms with van der Waals surface area (Å²) < 4.78 is 0. The standard InChI is InChI=1S/C25H36N6O8/c1-13(2)21(25(38)39)30-20(34)12-28-22(35)17(11-19(27)33)29-23(36)18-4-3-9-31(18)24(37)16(26)10-14-5-7-15(32)8-6-14/h5-8,13,16-18,21,32H,3-4,9-12,26H2,1-2H3,(H2,27,33)(H,28,35)(H,29,36)(H,30,34)(H,38,39)/t16-,17-,18-,21-/m0/s1. The van der Waals surface area contributed by atoms with E-state index in [0.717, 1.165) is 5.56 Å². The maximum absolute atomic E-state index is 13.1. The molecule has 1 heterocycles. The Morgan fingerprint density at radius 3 is 2.28 bits per heavy atom. The topological polar surface area (TPSA) is 234 Å². The minimum Gasteiger partial charge on any atom is -0.508 e. The molecule has 0 unspecified atom stereocenters. The van der Waals surface area contributed by atoms with E-state index in [-0.39, 0.29) is 18.7 Å². The number of carboxylic acids is 1. The molecule has 5 amide bonds. The second-order valence-corrected chi connectivity index (χ2v) is 9.74. The Kier molecular flexibility index (Phi) is 11.2. The first-order valence-corrected chi connectivity index (χ1v) is 12.5. The smallest absolute Gasteiger partial charge is 0.326 e. The molecule has 0 spiro atoms. The largest absolute Gasteiger partial charge is 0.508 e. The summed E-state index contributed by atoms with van der Waals surface area (Å²) in [5.41, 5.74) is 12.1. The average Bonchev–Trinajstić information content (AvgIpc) is 3.35. The van der Waals surface area contributed by atoms with Crippen LogP contribution in [0.5, 0.6) is 5.75 Å². The van der Waals surface area contributed by atoms with E-state index in [1.165, 1.54) is 17.0 Å². The van der Waals surface area contributed by atoms with Crippen LogP contribution in [0.25, 0.3) is 0 Å². The van der Waals surface area contributed by atoms with E-state index in [2.05, 4.69) is 16.0 Å². The van der Waals surface area contributed by atoms with Gasteiger partial charge in [0.25, 0.3) is 0 Å². The Morgan fingerprint density at radius 2 is 1.72 bits per heavy atom. The fourth-order valence-electron chi connectivity index (χ4n) is 4.20. The molecular formula is C25H36N6O8. The maximum Gasteiger partial charge on any atom is 0.326 e. The number of phenols is 1. The van der Waals surface area contributed by atoms with Gasteiger partial charge in [0.1, 0.15) is 23.9 Å². The summed E-state index contributed by atoms with van der Waals surface area (Å²) in [6, 6.07) is 1.74. The molecule has 1 aliphatic rings. The van der Waals surface area contributed by atoms with Gasteiger partial charge in [-0.3, -0.25) is 24.0 Å². The monoisotopic (exact) mass is 548 g/mol. The number of nitrogens with two attached hydrogens (primary N) is 2. The lowest BCUT2D eigenvalue weighted by Gasteiger charge is -2.28. The van der Waals surface area contributed by atoms with Gasteiger partial charge in [-0.1, -0.05) is 26.0 Å². The second-order valence-electron chi connectivity index (χ2n) is 9.74. The van der Waals surface area contributed by atoms with Crippen molar-refractivity contribution in [3.8, 4) is 5.75 Å². The Balaban J connectivity index is 2.01. The van der Waals surface area contributed by atoms with Crippen molar-refractivity contribution < 1.29 is 39.0 Å². The van der Waals surface area contributed by atoms with Crippen LogP contribution in [0.1, 0.15) is 38.7 Å². The molecule has 0 aromatic heterocycles. The lowest BCUT2D eigenvalue weighted by molar-refractivity contribution is -0.143. The molecule has 1 fully saturated rings. The van der Waals surface area contributed by atoms with Gasteiger partial charge in [-0.15, -0.1) is 0 Å². The minimum absolute atomic E-state index is 0.0742. The molecule has 1 aromatic carbocycles. The number of carboxylic acid groups (broad SMARTS) is 1. The number of phenolic OH excluding ortho intramolecular Hbond substituents is 1. The van der Waals surface area contributed by atoms with Crippen LogP contribution in [-0.2, 0) is 35.2 Å². The first-order chi connectivity index (χ1) is 18.3. The maximum atomic E-state index is 13.1. The van der Waals surface area contributed by atoms with E-state index in [4.69, 9.17) is 11.5 Å². The SMILES string of the molecule is CC(C)[C@H](NC(=O)CNC(=O)[C@H](CC(N)=O)NC(=O)[C@@H]1CCCN1C(=O)[C@@H](N)Cc1ccc(O)cc1)C(=O)O. The van der Waals surface area contributed by atoms with E-state index in [9.17, 15) is 39.0 Å². The van der Waals surface area contributed by atoms with Crippen LogP contribution in [0, 0.1) is 5.92 Å². The Morgan fingerprint density at radius 1 is 1.08 bits per heavy atom. The Labute approximate surface area is 225 Å². The molecule has 0 bridgehead atoms. The van der Waals surface area contributed by atoms with Gasteiger partial charge in [0.15, 0.2) is 0 Å². The molecule has 9 N–H and O–H groups in total. The van der Waals surface area contributed by atoms with Gasteiger partial charge in [0, 0.05) is 6.54 Å². The van der Waals surface area contributed by atoms with Crippen molar-refractivity contribution in [2.24, 2.45) is 17.4 Å². The molecule has 2 rings (SSSR count). The van der Waals surface area contributed by atoms with Crippen molar-refractivity contribution in [2.75, 3.05) is 13.1 Å².